The first-order valence-corrected chi connectivity index (χ1v) is 7.80. The Morgan fingerprint density at radius 3 is 2.68 bits per heavy atom. The molecule has 0 spiro atoms. The number of aromatic nitrogens is 1. The van der Waals surface area contributed by atoms with E-state index in [-0.39, 0.29) is 5.91 Å². The predicted molar refractivity (Wildman–Crippen MR) is 91.2 cm³/mol. The number of hydrogen-bond donors (Lipinski definition) is 2. The zero-order chi connectivity index (χ0) is 15.4. The van der Waals surface area contributed by atoms with Gasteiger partial charge in [0.05, 0.1) is 16.8 Å². The van der Waals surface area contributed by atoms with Gasteiger partial charge in [0, 0.05) is 10.7 Å². The summed E-state index contributed by atoms with van der Waals surface area (Å²) in [4.78, 5) is 16.8. The summed E-state index contributed by atoms with van der Waals surface area (Å²) in [5, 5.41) is 8.48. The van der Waals surface area contributed by atoms with Crippen molar-refractivity contribution in [2.45, 2.75) is 0 Å². The Labute approximate surface area is 136 Å². The molecule has 0 aliphatic rings. The summed E-state index contributed by atoms with van der Waals surface area (Å²) in [5.41, 5.74) is 1.70. The van der Waals surface area contributed by atoms with Crippen molar-refractivity contribution in [3.63, 3.8) is 0 Å². The number of pyridine rings is 1. The molecule has 3 aromatic rings. The number of rotatable bonds is 4. The lowest BCUT2D eigenvalue weighted by atomic mass is 10.3. The molecule has 6 heteroatoms. The molecule has 0 radical (unpaired) electrons. The molecule has 0 fully saturated rings. The van der Waals surface area contributed by atoms with Crippen LogP contribution >= 0.6 is 22.9 Å². The van der Waals surface area contributed by atoms with Crippen LogP contribution in [0.3, 0.4) is 0 Å². The minimum absolute atomic E-state index is 0.155. The van der Waals surface area contributed by atoms with Gasteiger partial charge in [-0.3, -0.25) is 4.79 Å². The lowest BCUT2D eigenvalue weighted by Gasteiger charge is -2.08. The molecule has 110 valence electrons. The minimum Gasteiger partial charge on any atom is -0.354 e. The molecule has 2 heterocycles. The van der Waals surface area contributed by atoms with Crippen LogP contribution in [0.25, 0.3) is 0 Å². The molecule has 1 amide bonds. The van der Waals surface area contributed by atoms with Gasteiger partial charge in [-0.1, -0.05) is 23.7 Å². The largest absolute Gasteiger partial charge is 0.354 e. The van der Waals surface area contributed by atoms with Crippen LogP contribution in [0, 0.1) is 0 Å². The molecule has 0 saturated heterocycles. The van der Waals surface area contributed by atoms with Crippen LogP contribution in [0.2, 0.25) is 5.02 Å². The Balaban J connectivity index is 1.66. The van der Waals surface area contributed by atoms with Gasteiger partial charge >= 0.3 is 0 Å². The summed E-state index contributed by atoms with van der Waals surface area (Å²) in [6.45, 7) is 0. The van der Waals surface area contributed by atoms with E-state index in [0.29, 0.717) is 15.7 Å². The fourth-order valence-corrected chi connectivity index (χ4v) is 2.67. The predicted octanol–water partition coefficient (Wildman–Crippen LogP) is 4.79. The maximum Gasteiger partial charge on any atom is 0.266 e. The molecule has 4 nitrogen and oxygen atoms in total. The van der Waals surface area contributed by atoms with Gasteiger partial charge in [0.25, 0.3) is 5.91 Å². The summed E-state index contributed by atoms with van der Waals surface area (Å²) in [6, 6.07) is 14.6. The summed E-state index contributed by atoms with van der Waals surface area (Å²) in [5.74, 6) is 0.355. The van der Waals surface area contributed by atoms with Crippen molar-refractivity contribution in [3.05, 3.63) is 70.0 Å². The van der Waals surface area contributed by atoms with E-state index in [4.69, 9.17) is 11.6 Å². The van der Waals surface area contributed by atoms with E-state index in [1.165, 1.54) is 11.3 Å². The highest BCUT2D eigenvalue weighted by molar-refractivity contribution is 7.12. The fraction of sp³-hybridized carbons (Fsp3) is 0. The van der Waals surface area contributed by atoms with Gasteiger partial charge in [-0.2, -0.15) is 0 Å². The Bertz CT molecular complexity index is 772. The Morgan fingerprint density at radius 2 is 2.00 bits per heavy atom. The highest BCUT2D eigenvalue weighted by Gasteiger charge is 2.07. The summed E-state index contributed by atoms with van der Waals surface area (Å²) in [7, 11) is 0. The normalized spacial score (nSPS) is 10.2. The van der Waals surface area contributed by atoms with Crippen LogP contribution in [0.4, 0.5) is 17.2 Å². The third-order valence-corrected chi connectivity index (χ3v) is 3.97. The number of hydrogen-bond acceptors (Lipinski definition) is 4. The van der Waals surface area contributed by atoms with Crippen molar-refractivity contribution in [2.75, 3.05) is 10.6 Å². The van der Waals surface area contributed by atoms with Crippen LogP contribution in [0.15, 0.2) is 60.1 Å². The van der Waals surface area contributed by atoms with E-state index in [9.17, 15) is 4.79 Å². The summed E-state index contributed by atoms with van der Waals surface area (Å²) >= 11 is 7.33. The van der Waals surface area contributed by atoms with E-state index in [2.05, 4.69) is 15.6 Å². The number of amides is 1. The topological polar surface area (TPSA) is 54.0 Å². The molecule has 22 heavy (non-hydrogen) atoms. The second-order valence-electron chi connectivity index (χ2n) is 4.50. The number of anilines is 3. The molecule has 1 aromatic carbocycles. The van der Waals surface area contributed by atoms with E-state index >= 15 is 0 Å². The molecule has 2 N–H and O–H groups in total. The smallest absolute Gasteiger partial charge is 0.266 e. The second-order valence-corrected chi connectivity index (χ2v) is 5.88. The molecule has 0 atom stereocenters. The standard InChI is InChI=1S/C16H12ClN3OS/c17-11-3-1-4-12(9-11)19-13-6-7-15(18-10-13)20-16(21)14-5-2-8-22-14/h1-10,19H,(H,18,20,21). The highest BCUT2D eigenvalue weighted by atomic mass is 35.5. The molecule has 3 rings (SSSR count). The van der Waals surface area contributed by atoms with Gasteiger partial charge < -0.3 is 10.6 Å². The van der Waals surface area contributed by atoms with E-state index in [1.807, 2.05) is 41.8 Å². The van der Waals surface area contributed by atoms with Crippen molar-refractivity contribution < 1.29 is 4.79 Å². The second kappa shape index (κ2) is 6.60. The van der Waals surface area contributed by atoms with Crippen molar-refractivity contribution in [1.82, 2.24) is 4.98 Å². The first-order valence-electron chi connectivity index (χ1n) is 6.54. The van der Waals surface area contributed by atoms with Crippen molar-refractivity contribution in [2.24, 2.45) is 0 Å². The Hall–Kier alpha value is -2.37. The Morgan fingerprint density at radius 1 is 1.09 bits per heavy atom. The average molecular weight is 330 g/mol. The van der Waals surface area contributed by atoms with Crippen LogP contribution in [-0.2, 0) is 0 Å². The molecular weight excluding hydrogens is 318 g/mol. The van der Waals surface area contributed by atoms with Gasteiger partial charge in [-0.25, -0.2) is 4.98 Å². The highest BCUT2D eigenvalue weighted by Crippen LogP contribution is 2.20. The van der Waals surface area contributed by atoms with Crippen molar-refractivity contribution in [1.29, 1.82) is 0 Å². The molecule has 0 aliphatic heterocycles. The van der Waals surface area contributed by atoms with Crippen molar-refractivity contribution >= 4 is 46.0 Å². The number of benzene rings is 1. The molecule has 0 aliphatic carbocycles. The first kappa shape index (κ1) is 14.6. The first-order chi connectivity index (χ1) is 10.7. The lowest BCUT2D eigenvalue weighted by Crippen LogP contribution is -2.11. The van der Waals surface area contributed by atoms with Crippen LogP contribution in [0.1, 0.15) is 9.67 Å². The molecular formula is C16H12ClN3OS. The average Bonchev–Trinajstić information content (AvgIpc) is 3.04. The monoisotopic (exact) mass is 329 g/mol. The fourth-order valence-electron chi connectivity index (χ4n) is 1.86. The maximum atomic E-state index is 11.9. The molecule has 0 unspecified atom stereocenters. The number of thiophene rings is 1. The van der Waals surface area contributed by atoms with Gasteiger partial charge in [-0.05, 0) is 41.8 Å². The van der Waals surface area contributed by atoms with E-state index in [1.54, 1.807) is 18.3 Å². The Kier molecular flexibility index (Phi) is 4.37. The van der Waals surface area contributed by atoms with Gasteiger partial charge in [0.1, 0.15) is 5.82 Å². The zero-order valence-corrected chi connectivity index (χ0v) is 13.0. The molecule has 0 bridgehead atoms. The lowest BCUT2D eigenvalue weighted by molar-refractivity contribution is 0.103. The maximum absolute atomic E-state index is 11.9. The van der Waals surface area contributed by atoms with Crippen molar-refractivity contribution in [3.8, 4) is 0 Å². The number of carbonyl (C=O) groups excluding carboxylic acids is 1. The SMILES string of the molecule is O=C(Nc1ccc(Nc2cccc(Cl)c2)cn1)c1cccs1. The minimum atomic E-state index is -0.155. The summed E-state index contributed by atoms with van der Waals surface area (Å²) in [6.07, 6.45) is 1.66. The van der Waals surface area contributed by atoms with Gasteiger partial charge in [-0.15, -0.1) is 11.3 Å². The molecule has 2 aromatic heterocycles. The number of halogens is 1. The zero-order valence-electron chi connectivity index (χ0n) is 11.4. The van der Waals surface area contributed by atoms with E-state index in [0.717, 1.165) is 11.4 Å². The number of nitrogens with zero attached hydrogens (tertiary/aromatic N) is 1. The quantitative estimate of drug-likeness (QED) is 0.723. The van der Waals surface area contributed by atoms with Gasteiger partial charge in [0.2, 0.25) is 0 Å². The van der Waals surface area contributed by atoms with Gasteiger partial charge in [0.15, 0.2) is 0 Å². The molecule has 0 saturated carbocycles. The third-order valence-electron chi connectivity index (χ3n) is 2.86. The summed E-state index contributed by atoms with van der Waals surface area (Å²) < 4.78 is 0. The van der Waals surface area contributed by atoms with E-state index < -0.39 is 0 Å². The number of nitrogens with one attached hydrogen (secondary N) is 2. The number of carbonyl (C=O) groups is 1. The van der Waals surface area contributed by atoms with Crippen LogP contribution in [-0.4, -0.2) is 10.9 Å². The van der Waals surface area contributed by atoms with Crippen LogP contribution < -0.4 is 10.6 Å². The van der Waals surface area contributed by atoms with Crippen LogP contribution in [0.5, 0.6) is 0 Å². The third kappa shape index (κ3) is 3.63.